The van der Waals surface area contributed by atoms with Crippen molar-refractivity contribution in [2.24, 2.45) is 5.73 Å². The molecule has 0 radical (unpaired) electrons. The van der Waals surface area contributed by atoms with Gasteiger partial charge in [0.05, 0.1) is 18.6 Å². The predicted molar refractivity (Wildman–Crippen MR) is 76.0 cm³/mol. The minimum Gasteiger partial charge on any atom is -0.338 e. The third-order valence-electron chi connectivity index (χ3n) is 3.76. The van der Waals surface area contributed by atoms with Crippen molar-refractivity contribution in [3.8, 4) is 0 Å². The average molecular weight is 293 g/mol. The van der Waals surface area contributed by atoms with Crippen LogP contribution in [0.5, 0.6) is 0 Å². The molecule has 1 fully saturated rings. The Kier molecular flexibility index (Phi) is 3.82. The summed E-state index contributed by atoms with van der Waals surface area (Å²) in [5, 5.41) is 10.8. The molecule has 1 aliphatic rings. The molecule has 3 N–H and O–H groups in total. The van der Waals surface area contributed by atoms with E-state index in [-0.39, 0.29) is 12.1 Å². The van der Waals surface area contributed by atoms with Gasteiger partial charge >= 0.3 is 0 Å². The van der Waals surface area contributed by atoms with Crippen LogP contribution in [-0.4, -0.2) is 15.1 Å². The van der Waals surface area contributed by atoms with Crippen LogP contribution in [0, 0.1) is 6.92 Å². The summed E-state index contributed by atoms with van der Waals surface area (Å²) in [5.41, 5.74) is 6.54. The number of hydrogen-bond acceptors (Lipinski definition) is 7. The summed E-state index contributed by atoms with van der Waals surface area (Å²) in [4.78, 5) is 8.91. The molecule has 0 saturated heterocycles. The fraction of sp³-hybridized carbons (Fsp3) is 0.615. The molecule has 0 amide bonds. The molecule has 6 nitrogen and oxygen atoms in total. The summed E-state index contributed by atoms with van der Waals surface area (Å²) in [7, 11) is 0. The fourth-order valence-corrected chi connectivity index (χ4v) is 3.75. The van der Waals surface area contributed by atoms with Crippen molar-refractivity contribution in [2.45, 2.75) is 51.2 Å². The Hall–Kier alpha value is -1.31. The summed E-state index contributed by atoms with van der Waals surface area (Å²) in [6, 6.07) is 0. The molecule has 108 valence electrons. The molecule has 2 aromatic rings. The van der Waals surface area contributed by atoms with Gasteiger partial charge < -0.3 is 10.3 Å². The topological polar surface area (TPSA) is 89.9 Å². The van der Waals surface area contributed by atoms with E-state index in [1.807, 2.05) is 6.92 Å². The van der Waals surface area contributed by atoms with E-state index in [0.717, 1.165) is 18.5 Å². The van der Waals surface area contributed by atoms with Crippen LogP contribution in [-0.2, 0) is 18.6 Å². The molecule has 1 aliphatic carbocycles. The van der Waals surface area contributed by atoms with Crippen molar-refractivity contribution < 1.29 is 4.52 Å². The first-order valence-corrected chi connectivity index (χ1v) is 7.79. The molecule has 0 aliphatic heterocycles. The van der Waals surface area contributed by atoms with Gasteiger partial charge in [-0.3, -0.25) is 5.32 Å². The Balaban J connectivity index is 1.74. The molecule has 7 heteroatoms. The normalized spacial score (nSPS) is 17.7. The van der Waals surface area contributed by atoms with E-state index in [1.54, 1.807) is 11.3 Å². The third kappa shape index (κ3) is 2.61. The highest BCUT2D eigenvalue weighted by molar-refractivity contribution is 7.09. The van der Waals surface area contributed by atoms with Gasteiger partial charge in [0.2, 0.25) is 5.89 Å². The SMILES string of the molecule is Cc1csc(C2(NCc3noc(CN)n3)CCCC2)n1. The molecule has 0 aromatic carbocycles. The van der Waals surface area contributed by atoms with E-state index < -0.39 is 0 Å². The molecular weight excluding hydrogens is 274 g/mol. The second kappa shape index (κ2) is 5.59. The molecule has 1 saturated carbocycles. The molecule has 0 atom stereocenters. The van der Waals surface area contributed by atoms with Gasteiger partial charge in [-0.25, -0.2) is 4.98 Å². The van der Waals surface area contributed by atoms with E-state index in [9.17, 15) is 0 Å². The molecule has 2 aromatic heterocycles. The second-order valence-electron chi connectivity index (χ2n) is 5.25. The van der Waals surface area contributed by atoms with Crippen LogP contribution in [0.15, 0.2) is 9.90 Å². The highest BCUT2D eigenvalue weighted by Crippen LogP contribution is 2.40. The first-order chi connectivity index (χ1) is 9.72. The lowest BCUT2D eigenvalue weighted by Crippen LogP contribution is -2.39. The molecule has 3 rings (SSSR count). The average Bonchev–Trinajstić information content (AvgIpc) is 3.17. The molecule has 20 heavy (non-hydrogen) atoms. The fourth-order valence-electron chi connectivity index (χ4n) is 2.71. The van der Waals surface area contributed by atoms with Gasteiger partial charge in [-0.15, -0.1) is 11.3 Å². The van der Waals surface area contributed by atoms with E-state index >= 15 is 0 Å². The van der Waals surface area contributed by atoms with Gasteiger partial charge in [-0.05, 0) is 19.8 Å². The van der Waals surface area contributed by atoms with Crippen LogP contribution in [0.25, 0.3) is 0 Å². The molecule has 2 heterocycles. The third-order valence-corrected chi connectivity index (χ3v) is 4.92. The molecule has 0 bridgehead atoms. The zero-order valence-electron chi connectivity index (χ0n) is 11.6. The number of nitrogens with one attached hydrogen (secondary N) is 1. The van der Waals surface area contributed by atoms with E-state index in [2.05, 4.69) is 25.8 Å². The lowest BCUT2D eigenvalue weighted by Gasteiger charge is -2.27. The van der Waals surface area contributed by atoms with Crippen molar-refractivity contribution in [2.75, 3.05) is 0 Å². The Labute approximate surface area is 121 Å². The van der Waals surface area contributed by atoms with Crippen molar-refractivity contribution in [3.63, 3.8) is 0 Å². The summed E-state index contributed by atoms with van der Waals surface area (Å²) in [6.07, 6.45) is 4.68. The van der Waals surface area contributed by atoms with Gasteiger partial charge in [-0.2, -0.15) is 4.98 Å². The smallest absolute Gasteiger partial charge is 0.240 e. The maximum Gasteiger partial charge on any atom is 0.240 e. The predicted octanol–water partition coefficient (Wildman–Crippen LogP) is 1.85. The highest BCUT2D eigenvalue weighted by Gasteiger charge is 2.37. The van der Waals surface area contributed by atoms with E-state index in [4.69, 9.17) is 10.3 Å². The monoisotopic (exact) mass is 293 g/mol. The first kappa shape index (κ1) is 13.7. The van der Waals surface area contributed by atoms with E-state index in [0.29, 0.717) is 18.3 Å². The second-order valence-corrected chi connectivity index (χ2v) is 6.10. The Morgan fingerprint density at radius 1 is 1.40 bits per heavy atom. The minimum absolute atomic E-state index is 0.0254. The maximum absolute atomic E-state index is 5.48. The maximum atomic E-state index is 5.48. The number of thiazole rings is 1. The van der Waals surface area contributed by atoms with Crippen LogP contribution in [0.2, 0.25) is 0 Å². The Bertz CT molecular complexity index is 573. The van der Waals surface area contributed by atoms with Gasteiger partial charge in [0.15, 0.2) is 5.82 Å². The molecule has 0 unspecified atom stereocenters. The van der Waals surface area contributed by atoms with Crippen molar-refractivity contribution >= 4 is 11.3 Å². The van der Waals surface area contributed by atoms with Crippen LogP contribution in [0.1, 0.15) is 48.1 Å². The Morgan fingerprint density at radius 2 is 2.20 bits per heavy atom. The Morgan fingerprint density at radius 3 is 2.80 bits per heavy atom. The van der Waals surface area contributed by atoms with Crippen LogP contribution < -0.4 is 11.1 Å². The quantitative estimate of drug-likeness (QED) is 0.874. The van der Waals surface area contributed by atoms with Gasteiger partial charge in [0.1, 0.15) is 5.01 Å². The first-order valence-electron chi connectivity index (χ1n) is 6.91. The summed E-state index contributed by atoms with van der Waals surface area (Å²) in [5.74, 6) is 1.14. The van der Waals surface area contributed by atoms with Crippen molar-refractivity contribution in [1.82, 2.24) is 20.4 Å². The zero-order valence-corrected chi connectivity index (χ0v) is 12.4. The largest absolute Gasteiger partial charge is 0.338 e. The van der Waals surface area contributed by atoms with Crippen molar-refractivity contribution in [3.05, 3.63) is 27.8 Å². The molecular formula is C13H19N5OS. The van der Waals surface area contributed by atoms with Crippen LogP contribution in [0.4, 0.5) is 0 Å². The summed E-state index contributed by atoms with van der Waals surface area (Å²) < 4.78 is 5.03. The number of rotatable bonds is 5. The zero-order chi connectivity index (χ0) is 14.0. The van der Waals surface area contributed by atoms with Gasteiger partial charge in [-0.1, -0.05) is 18.0 Å². The highest BCUT2D eigenvalue weighted by atomic mass is 32.1. The van der Waals surface area contributed by atoms with Crippen molar-refractivity contribution in [1.29, 1.82) is 0 Å². The van der Waals surface area contributed by atoms with E-state index in [1.165, 1.54) is 17.8 Å². The summed E-state index contributed by atoms with van der Waals surface area (Å²) >= 11 is 1.73. The lowest BCUT2D eigenvalue weighted by atomic mass is 9.98. The number of nitrogens with two attached hydrogens (primary N) is 1. The van der Waals surface area contributed by atoms with Gasteiger partial charge in [0.25, 0.3) is 0 Å². The standard InChI is InChI=1S/C13H19N5OS/c1-9-8-20-12(16-9)13(4-2-3-5-13)15-7-10-17-11(6-14)19-18-10/h8,15H,2-7,14H2,1H3. The number of aryl methyl sites for hydroxylation is 1. The van der Waals surface area contributed by atoms with Crippen LogP contribution >= 0.6 is 11.3 Å². The number of hydrogen-bond donors (Lipinski definition) is 2. The number of aromatic nitrogens is 3. The van der Waals surface area contributed by atoms with Crippen LogP contribution in [0.3, 0.4) is 0 Å². The molecule has 0 spiro atoms. The summed E-state index contributed by atoms with van der Waals surface area (Å²) in [6.45, 7) is 2.90. The lowest BCUT2D eigenvalue weighted by molar-refractivity contribution is 0.325. The minimum atomic E-state index is -0.0254. The number of nitrogens with zero attached hydrogens (tertiary/aromatic N) is 3. The van der Waals surface area contributed by atoms with Gasteiger partial charge in [0, 0.05) is 11.1 Å².